The summed E-state index contributed by atoms with van der Waals surface area (Å²) in [4.78, 5) is 14.6. The van der Waals surface area contributed by atoms with Crippen LogP contribution in [-0.4, -0.2) is 64.4 Å². The van der Waals surface area contributed by atoms with Gasteiger partial charge < -0.3 is 19.7 Å². The van der Waals surface area contributed by atoms with Crippen LogP contribution in [0.3, 0.4) is 0 Å². The van der Waals surface area contributed by atoms with Crippen LogP contribution in [0.5, 0.6) is 11.5 Å². The molecule has 0 saturated carbocycles. The lowest BCUT2D eigenvalue weighted by molar-refractivity contribution is -0.130. The van der Waals surface area contributed by atoms with E-state index < -0.39 is 9.84 Å². The van der Waals surface area contributed by atoms with Gasteiger partial charge in [0, 0.05) is 25.6 Å². The molecule has 0 radical (unpaired) electrons. The number of ether oxygens (including phenoxy) is 2. The highest BCUT2D eigenvalue weighted by atomic mass is 32.2. The first kappa shape index (κ1) is 18.6. The predicted octanol–water partition coefficient (Wildman–Crippen LogP) is 1.08. The lowest BCUT2D eigenvalue weighted by atomic mass is 9.92. The van der Waals surface area contributed by atoms with Crippen molar-refractivity contribution in [1.82, 2.24) is 10.2 Å². The number of nitrogens with zero attached hydrogens (tertiary/aromatic N) is 1. The van der Waals surface area contributed by atoms with Gasteiger partial charge >= 0.3 is 0 Å². The van der Waals surface area contributed by atoms with Crippen LogP contribution in [0.25, 0.3) is 0 Å². The zero-order valence-electron chi connectivity index (χ0n) is 15.4. The summed E-state index contributed by atoms with van der Waals surface area (Å²) in [6, 6.07) is 4.63. The van der Waals surface area contributed by atoms with Gasteiger partial charge in [-0.15, -0.1) is 0 Å². The Hall–Kier alpha value is -1.80. The van der Waals surface area contributed by atoms with Crippen LogP contribution in [0.2, 0.25) is 0 Å². The van der Waals surface area contributed by atoms with Crippen molar-refractivity contribution in [3.63, 3.8) is 0 Å². The second-order valence-corrected chi connectivity index (χ2v) is 9.62. The lowest BCUT2D eigenvalue weighted by Gasteiger charge is -2.21. The number of carbonyl (C=O) groups is 1. The molecule has 2 saturated heterocycles. The van der Waals surface area contributed by atoms with Crippen LogP contribution < -0.4 is 14.8 Å². The van der Waals surface area contributed by atoms with Crippen molar-refractivity contribution in [2.45, 2.75) is 24.2 Å². The summed E-state index contributed by atoms with van der Waals surface area (Å²) in [7, 11) is -3.54. The Morgan fingerprint density at radius 2 is 1.74 bits per heavy atom. The average Bonchev–Trinajstić information content (AvgIpc) is 3.04. The Labute approximate surface area is 159 Å². The summed E-state index contributed by atoms with van der Waals surface area (Å²) in [5.74, 6) is 2.04. The molecule has 4 rings (SSSR count). The first-order valence-corrected chi connectivity index (χ1v) is 11.3. The van der Waals surface area contributed by atoms with E-state index >= 15 is 0 Å². The largest absolute Gasteiger partial charge is 0.486 e. The molecular weight excluding hydrogens is 368 g/mol. The van der Waals surface area contributed by atoms with Gasteiger partial charge in [0.25, 0.3) is 0 Å². The maximum absolute atomic E-state index is 12.7. The molecule has 2 atom stereocenters. The summed E-state index contributed by atoms with van der Waals surface area (Å²) in [5.41, 5.74) is 0. The smallest absolute Gasteiger partial charge is 0.223 e. The van der Waals surface area contributed by atoms with Gasteiger partial charge in [-0.3, -0.25) is 4.79 Å². The molecule has 3 heterocycles. The molecule has 0 spiro atoms. The number of rotatable bonds is 4. The van der Waals surface area contributed by atoms with Crippen molar-refractivity contribution in [2.24, 2.45) is 11.8 Å². The van der Waals surface area contributed by atoms with E-state index in [1.54, 1.807) is 6.07 Å². The van der Waals surface area contributed by atoms with Gasteiger partial charge in [0.05, 0.1) is 10.6 Å². The van der Waals surface area contributed by atoms with Crippen molar-refractivity contribution >= 4 is 15.7 Å². The molecule has 3 aliphatic heterocycles. The number of hydrogen-bond donors (Lipinski definition) is 1. The van der Waals surface area contributed by atoms with Gasteiger partial charge in [-0.25, -0.2) is 8.42 Å². The highest BCUT2D eigenvalue weighted by Crippen LogP contribution is 2.33. The Morgan fingerprint density at radius 1 is 1.07 bits per heavy atom. The second kappa shape index (κ2) is 7.67. The normalized spacial score (nSPS) is 25.0. The number of likely N-dealkylation sites (tertiary alicyclic amines) is 1. The van der Waals surface area contributed by atoms with Crippen molar-refractivity contribution in [3.05, 3.63) is 18.2 Å². The maximum atomic E-state index is 12.7. The van der Waals surface area contributed by atoms with Crippen molar-refractivity contribution in [3.8, 4) is 11.5 Å². The molecule has 7 nitrogen and oxygen atoms in total. The Kier molecular flexibility index (Phi) is 5.27. The molecule has 1 N–H and O–H groups in total. The Bertz CT molecular complexity index is 796. The van der Waals surface area contributed by atoms with Crippen LogP contribution in [0, 0.1) is 11.8 Å². The highest BCUT2D eigenvalue weighted by molar-refractivity contribution is 7.91. The van der Waals surface area contributed by atoms with Gasteiger partial charge in [0.1, 0.15) is 13.2 Å². The van der Waals surface area contributed by atoms with E-state index in [2.05, 4.69) is 5.32 Å². The van der Waals surface area contributed by atoms with Crippen molar-refractivity contribution < 1.29 is 22.7 Å². The number of fused-ring (bicyclic) bond motifs is 2. The zero-order valence-corrected chi connectivity index (χ0v) is 16.2. The third-order valence-corrected chi connectivity index (χ3v) is 7.54. The van der Waals surface area contributed by atoms with Gasteiger partial charge in [0.2, 0.25) is 5.91 Å². The third-order valence-electron chi connectivity index (χ3n) is 5.83. The van der Waals surface area contributed by atoms with Gasteiger partial charge in [-0.05, 0) is 49.9 Å². The molecule has 0 bridgehead atoms. The average molecular weight is 394 g/mol. The van der Waals surface area contributed by atoms with Gasteiger partial charge in [0.15, 0.2) is 21.3 Å². The topological polar surface area (TPSA) is 84.9 Å². The van der Waals surface area contributed by atoms with E-state index in [-0.39, 0.29) is 23.0 Å². The van der Waals surface area contributed by atoms with E-state index in [0.717, 1.165) is 39.0 Å². The Morgan fingerprint density at radius 3 is 2.44 bits per heavy atom. The summed E-state index contributed by atoms with van der Waals surface area (Å²) in [5, 5.41) is 3.42. The molecule has 148 valence electrons. The first-order valence-electron chi connectivity index (χ1n) is 9.64. The van der Waals surface area contributed by atoms with Crippen LogP contribution in [-0.2, 0) is 14.6 Å². The second-order valence-electron chi connectivity index (χ2n) is 7.51. The van der Waals surface area contributed by atoms with Crippen LogP contribution in [0.15, 0.2) is 23.1 Å². The molecule has 1 aromatic carbocycles. The summed E-state index contributed by atoms with van der Waals surface area (Å²) in [6.07, 6.45) is 2.01. The quantitative estimate of drug-likeness (QED) is 0.823. The summed E-state index contributed by atoms with van der Waals surface area (Å²) < 4.78 is 36.2. The monoisotopic (exact) mass is 394 g/mol. The lowest BCUT2D eigenvalue weighted by Crippen LogP contribution is -2.33. The first-order chi connectivity index (χ1) is 13.0. The molecule has 0 aliphatic carbocycles. The van der Waals surface area contributed by atoms with E-state index in [4.69, 9.17) is 9.47 Å². The van der Waals surface area contributed by atoms with Gasteiger partial charge in [-0.2, -0.15) is 0 Å². The number of nitrogens with one attached hydrogen (secondary N) is 1. The van der Waals surface area contributed by atoms with Gasteiger partial charge in [-0.1, -0.05) is 0 Å². The molecule has 2 fully saturated rings. The minimum absolute atomic E-state index is 0.0182. The summed E-state index contributed by atoms with van der Waals surface area (Å²) in [6.45, 7) is 4.39. The fourth-order valence-corrected chi connectivity index (χ4v) is 5.42. The van der Waals surface area contributed by atoms with E-state index in [9.17, 15) is 13.2 Å². The fourth-order valence-electron chi connectivity index (χ4n) is 4.18. The highest BCUT2D eigenvalue weighted by Gasteiger charge is 2.31. The number of hydrogen-bond acceptors (Lipinski definition) is 6. The van der Waals surface area contributed by atoms with Crippen LogP contribution in [0.4, 0.5) is 0 Å². The number of sulfone groups is 1. The maximum Gasteiger partial charge on any atom is 0.223 e. The minimum Gasteiger partial charge on any atom is -0.486 e. The number of carbonyl (C=O) groups excluding carboxylic acids is 1. The standard InChI is InChI=1S/C19H26N2O5S/c22-19(21-6-3-14-12-20-13-15(14)4-7-21)5-10-27(23,24)16-1-2-17-18(11-16)26-9-8-25-17/h1-2,11,14-15,20H,3-10,12-13H2/t14-,15+. The molecule has 3 aliphatic rings. The predicted molar refractivity (Wildman–Crippen MR) is 99.8 cm³/mol. The van der Waals surface area contributed by atoms with Crippen LogP contribution in [0.1, 0.15) is 19.3 Å². The van der Waals surface area contributed by atoms with E-state index in [1.165, 1.54) is 12.1 Å². The number of amides is 1. The SMILES string of the molecule is O=C(CCS(=O)(=O)c1ccc2c(c1)OCCO2)N1CC[C@@H]2CNC[C@@H]2CC1. The molecule has 8 heteroatoms. The molecule has 27 heavy (non-hydrogen) atoms. The minimum atomic E-state index is -3.54. The van der Waals surface area contributed by atoms with E-state index in [0.29, 0.717) is 36.5 Å². The van der Waals surface area contributed by atoms with Crippen molar-refractivity contribution in [1.29, 1.82) is 0 Å². The molecule has 1 amide bonds. The molecular formula is C19H26N2O5S. The fraction of sp³-hybridized carbons (Fsp3) is 0.632. The number of benzene rings is 1. The van der Waals surface area contributed by atoms with Crippen molar-refractivity contribution in [2.75, 3.05) is 45.1 Å². The molecule has 0 aromatic heterocycles. The zero-order chi connectivity index (χ0) is 18.9. The molecule has 0 unspecified atom stereocenters. The van der Waals surface area contributed by atoms with Crippen LogP contribution >= 0.6 is 0 Å². The summed E-state index contributed by atoms with van der Waals surface area (Å²) >= 11 is 0. The van der Waals surface area contributed by atoms with E-state index in [1.807, 2.05) is 4.90 Å². The molecule has 1 aromatic rings. The third kappa shape index (κ3) is 4.06. The Balaban J connectivity index is 1.36.